The summed E-state index contributed by atoms with van der Waals surface area (Å²) < 4.78 is 0. The maximum Gasteiger partial charge on any atom is 1.00 e. The van der Waals surface area contributed by atoms with Gasteiger partial charge in [-0.3, -0.25) is 15.0 Å². The summed E-state index contributed by atoms with van der Waals surface area (Å²) in [6.45, 7) is 5.92. The quantitative estimate of drug-likeness (QED) is 0.287. The molecule has 12 heteroatoms. The maximum atomic E-state index is 4.96. The minimum atomic E-state index is -1.85. The summed E-state index contributed by atoms with van der Waals surface area (Å²) in [6.07, 6.45) is 5.36. The molecule has 3 aromatic heterocycles. The minimum Gasteiger partial charge on any atom is -0.693 e. The molecule has 3 heterocycles. The van der Waals surface area contributed by atoms with Crippen LogP contribution in [0.3, 0.4) is 0 Å². The average molecular weight is 902 g/mol. The molecule has 2 N–H and O–H groups in total. The fourth-order valence-corrected chi connectivity index (χ4v) is 1.34. The third-order valence-corrected chi connectivity index (χ3v) is 2.44. The number of halogens is 5. The topological polar surface area (TPSA) is 72.2 Å². The van der Waals surface area contributed by atoms with E-state index in [-0.39, 0.29) is 57.5 Å². The van der Waals surface area contributed by atoms with Crippen LogP contribution in [0.1, 0.15) is 17.1 Å². The number of rotatable bonds is 0. The maximum absolute atomic E-state index is 4.96. The van der Waals surface area contributed by atoms with E-state index in [1.807, 2.05) is 75.4 Å². The summed E-state index contributed by atoms with van der Waals surface area (Å²) in [4.78, 5) is 11.9. The van der Waals surface area contributed by atoms with Gasteiger partial charge in [-0.15, -0.1) is 0 Å². The van der Waals surface area contributed by atoms with Crippen molar-refractivity contribution in [2.45, 2.75) is 20.8 Å². The second kappa shape index (κ2) is 30.9. The van der Waals surface area contributed by atoms with Gasteiger partial charge in [0.2, 0.25) is 0 Å². The van der Waals surface area contributed by atoms with E-state index in [4.69, 9.17) is 47.1 Å². The normalized spacial score (nSPS) is 8.33. The summed E-state index contributed by atoms with van der Waals surface area (Å²) in [7, 11) is 24.6. The van der Waals surface area contributed by atoms with Crippen LogP contribution in [0, 0.1) is 20.8 Å². The van der Waals surface area contributed by atoms with Gasteiger partial charge in [-0.2, -0.15) is 0 Å². The van der Waals surface area contributed by atoms with Crippen molar-refractivity contribution in [3.8, 4) is 0 Å². The molecule has 4 nitrogen and oxygen atoms in total. The van der Waals surface area contributed by atoms with Crippen molar-refractivity contribution in [2.75, 3.05) is 0 Å². The van der Waals surface area contributed by atoms with Crippen molar-refractivity contribution in [2.24, 2.45) is 0 Å². The van der Waals surface area contributed by atoms with Crippen LogP contribution in [0.5, 0.6) is 0 Å². The zero-order chi connectivity index (χ0) is 21.6. The van der Waals surface area contributed by atoms with Gasteiger partial charge in [0.1, 0.15) is 0 Å². The molecule has 0 aliphatic rings. The first kappa shape index (κ1) is 39.1. The van der Waals surface area contributed by atoms with Crippen molar-refractivity contribution in [3.05, 3.63) is 96.4 Å². The number of aromatic nitrogens is 3. The van der Waals surface area contributed by atoms with Gasteiger partial charge in [0.25, 0.3) is 0 Å². The van der Waals surface area contributed by atoms with Gasteiger partial charge in [0.15, 0.2) is 0 Å². The second-order valence-electron chi connectivity index (χ2n) is 4.59. The Morgan fingerprint density at radius 2 is 0.833 bits per heavy atom. The standard InChI is InChI=1S/3C6H7N.5ClH.K.H2N.2Pt/c3*1-6-4-2-3-5-7-6;;;;;;;;;/h3*2-5H,1H3;5*1H;;1H2;;/q;;;;;;;;+1;-1;+2;+3/p-5. The molecule has 0 aromatic carbocycles. The summed E-state index contributed by atoms with van der Waals surface area (Å²) in [5.41, 5.74) is 3.22. The predicted molar refractivity (Wildman–Crippen MR) is 121 cm³/mol. The van der Waals surface area contributed by atoms with E-state index in [1.165, 1.54) is 0 Å². The predicted octanol–water partition coefficient (Wildman–Crippen LogP) is 5.33. The molecule has 0 aliphatic carbocycles. The Bertz CT molecular complexity index is 583. The van der Waals surface area contributed by atoms with Gasteiger partial charge in [0.05, 0.1) is 0 Å². The number of nitrogens with two attached hydrogens (primary N) is 1. The molecule has 171 valence electrons. The summed E-state index contributed by atoms with van der Waals surface area (Å²) in [5.74, 6) is 0. The second-order valence-corrected chi connectivity index (χ2v) is 17.7. The van der Waals surface area contributed by atoms with Crippen molar-refractivity contribution >= 4 is 47.1 Å². The van der Waals surface area contributed by atoms with Gasteiger partial charge in [0, 0.05) is 35.7 Å². The van der Waals surface area contributed by atoms with Crippen LogP contribution in [0.25, 0.3) is 6.15 Å². The molecular formula is C18H23Cl5KN4Pt2. The van der Waals surface area contributed by atoms with E-state index < -0.39 is 30.7 Å². The number of hydrogen-bond acceptors (Lipinski definition) is 3. The van der Waals surface area contributed by atoms with Crippen LogP contribution in [0.15, 0.2) is 73.2 Å². The van der Waals surface area contributed by atoms with E-state index in [1.54, 1.807) is 18.6 Å². The van der Waals surface area contributed by atoms with Crippen molar-refractivity contribution in [1.29, 1.82) is 0 Å². The van der Waals surface area contributed by atoms with Crippen LogP contribution in [-0.2, 0) is 30.7 Å². The number of nitrogens with zero attached hydrogens (tertiary/aromatic N) is 3. The molecule has 0 spiro atoms. The SMILES string of the molecule is Cc1ccccn1.Cc1ccccn1.Cc1ccccn1.[Cl][Pt]([Cl])[Cl].[Cl][Pt][Cl].[K+].[NH2-]. The van der Waals surface area contributed by atoms with Crippen LogP contribution in [-0.4, -0.2) is 15.0 Å². The monoisotopic (exact) mass is 899 g/mol. The first-order valence-corrected chi connectivity index (χ1v) is 21.5. The number of hydrogen-bond donors (Lipinski definition) is 0. The van der Waals surface area contributed by atoms with Crippen molar-refractivity contribution < 1.29 is 82.1 Å². The minimum absolute atomic E-state index is 0. The van der Waals surface area contributed by atoms with Crippen LogP contribution >= 0.6 is 47.1 Å². The summed E-state index contributed by atoms with van der Waals surface area (Å²) in [5, 5.41) is 0. The van der Waals surface area contributed by atoms with Gasteiger partial charge < -0.3 is 6.15 Å². The van der Waals surface area contributed by atoms with E-state index in [0.717, 1.165) is 17.1 Å². The Morgan fingerprint density at radius 3 is 0.900 bits per heavy atom. The summed E-state index contributed by atoms with van der Waals surface area (Å²) >= 11 is -2.32. The summed E-state index contributed by atoms with van der Waals surface area (Å²) in [6, 6.07) is 17.6. The van der Waals surface area contributed by atoms with Gasteiger partial charge in [-0.05, 0) is 57.2 Å². The molecule has 30 heavy (non-hydrogen) atoms. The smallest absolute Gasteiger partial charge is 0.693 e. The van der Waals surface area contributed by atoms with Crippen molar-refractivity contribution in [1.82, 2.24) is 15.0 Å². The number of aryl methyl sites for hydroxylation is 3. The Morgan fingerprint density at radius 1 is 0.633 bits per heavy atom. The average Bonchev–Trinajstić information content (AvgIpc) is 2.65. The van der Waals surface area contributed by atoms with E-state index in [2.05, 4.69) is 15.0 Å². The fourth-order valence-electron chi connectivity index (χ4n) is 1.34. The Kier molecular flexibility index (Phi) is 40.2. The Labute approximate surface area is 257 Å². The molecule has 0 saturated heterocycles. The Hall–Kier alpha value is 1.87. The van der Waals surface area contributed by atoms with Crippen LogP contribution in [0.2, 0.25) is 0 Å². The molecule has 0 amide bonds. The van der Waals surface area contributed by atoms with Gasteiger partial charge in [-0.25, -0.2) is 0 Å². The number of pyridine rings is 3. The fraction of sp³-hybridized carbons (Fsp3) is 0.167. The molecule has 0 unspecified atom stereocenters. The third kappa shape index (κ3) is 37.2. The molecule has 0 fully saturated rings. The largest absolute Gasteiger partial charge is 1.00 e. The molecule has 3 aromatic rings. The molecule has 0 aliphatic heterocycles. The first-order valence-electron chi connectivity index (χ1n) is 7.41. The molecule has 0 radical (unpaired) electrons. The van der Waals surface area contributed by atoms with E-state index in [9.17, 15) is 0 Å². The zero-order valence-corrected chi connectivity index (χ0v) is 28.3. The van der Waals surface area contributed by atoms with Crippen LogP contribution < -0.4 is 51.4 Å². The molecule has 0 atom stereocenters. The van der Waals surface area contributed by atoms with E-state index in [0.29, 0.717) is 0 Å². The third-order valence-electron chi connectivity index (χ3n) is 2.44. The Balaban J connectivity index is -0.000000143. The molecule has 3 rings (SSSR count). The molecular weight excluding hydrogens is 879 g/mol. The first-order chi connectivity index (χ1) is 13.3. The van der Waals surface area contributed by atoms with Crippen LogP contribution in [0.4, 0.5) is 0 Å². The van der Waals surface area contributed by atoms with Gasteiger partial charge >= 0.3 is 129 Å². The molecule has 0 bridgehead atoms. The van der Waals surface area contributed by atoms with E-state index >= 15 is 0 Å². The van der Waals surface area contributed by atoms with Crippen molar-refractivity contribution in [3.63, 3.8) is 0 Å². The molecule has 0 saturated carbocycles. The zero-order valence-electron chi connectivity index (χ0n) is 16.9. The van der Waals surface area contributed by atoms with Gasteiger partial charge in [-0.1, -0.05) is 18.2 Å².